The van der Waals surface area contributed by atoms with Crippen molar-refractivity contribution >= 4 is 71.6 Å². The Hall–Kier alpha value is -8.92. The van der Waals surface area contributed by atoms with Crippen LogP contribution >= 0.6 is 0 Å². The van der Waals surface area contributed by atoms with Gasteiger partial charge in [0, 0.05) is 60.7 Å². The maximum absolute atomic E-state index is 6.78. The van der Waals surface area contributed by atoms with E-state index in [1.54, 1.807) is 0 Å². The second kappa shape index (κ2) is 15.6. The Morgan fingerprint density at radius 2 is 0.900 bits per heavy atom. The van der Waals surface area contributed by atoms with E-state index in [1.165, 1.54) is 71.7 Å². The number of rotatable bonds is 7. The molecule has 0 bridgehead atoms. The highest BCUT2D eigenvalue weighted by molar-refractivity contribution is 6.17. The highest BCUT2D eigenvalue weighted by Gasteiger charge is 2.36. The Kier molecular flexibility index (Phi) is 8.93. The van der Waals surface area contributed by atoms with E-state index in [0.29, 0.717) is 0 Å². The molecular formula is C67H46N2O. The molecule has 3 nitrogen and oxygen atoms in total. The number of furan rings is 1. The van der Waals surface area contributed by atoms with Crippen LogP contribution in [0.5, 0.6) is 0 Å². The van der Waals surface area contributed by atoms with E-state index >= 15 is 0 Å². The SMILES string of the molecule is CC1(C)c2ccccc2-c2c(-c3ccc(N(c4ccc(-c5ccc6c(c5)c5ccccc5n6-c5ccccc5)cc4)c4ccc(-c5cccc6c5oc5c7ccccc7ccc65)cc4)cc3)cccc21. The first-order valence-electron chi connectivity index (χ1n) is 24.2. The van der Waals surface area contributed by atoms with E-state index in [-0.39, 0.29) is 5.41 Å². The van der Waals surface area contributed by atoms with Gasteiger partial charge in [0.2, 0.25) is 0 Å². The Morgan fingerprint density at radius 1 is 0.357 bits per heavy atom. The summed E-state index contributed by atoms with van der Waals surface area (Å²) in [5, 5.41) is 7.06. The molecule has 330 valence electrons. The smallest absolute Gasteiger partial charge is 0.143 e. The molecule has 0 saturated carbocycles. The van der Waals surface area contributed by atoms with Crippen molar-refractivity contribution in [3.8, 4) is 50.2 Å². The number of para-hydroxylation sites is 3. The van der Waals surface area contributed by atoms with Gasteiger partial charge in [-0.1, -0.05) is 184 Å². The number of hydrogen-bond acceptors (Lipinski definition) is 2. The van der Waals surface area contributed by atoms with E-state index in [1.807, 2.05) is 0 Å². The normalized spacial score (nSPS) is 12.8. The molecule has 0 unspecified atom stereocenters. The standard InChI is InChI=1S/C67H46N2O/c1-67(2)60-23-10-8-19-58(60)64-52(20-13-24-61(64)67)45-28-36-50(37-29-45)68(51-38-30-46(31-39-51)54-21-12-22-56-57-40-32-44-14-6-7-17-53(44)66(57)70-65(54)56)49-34-26-43(27-35-49)47-33-41-63-59(42-47)55-18-9-11-25-62(55)69(63)48-15-4-3-5-16-48/h3-42H,1-2H3. The first-order chi connectivity index (χ1) is 34.5. The molecule has 1 aliphatic carbocycles. The van der Waals surface area contributed by atoms with Gasteiger partial charge in [0.1, 0.15) is 11.2 Å². The quantitative estimate of drug-likeness (QED) is 0.159. The van der Waals surface area contributed by atoms with Crippen molar-refractivity contribution in [1.29, 1.82) is 0 Å². The van der Waals surface area contributed by atoms with Crippen molar-refractivity contribution in [2.45, 2.75) is 19.3 Å². The number of fused-ring (bicyclic) bond motifs is 11. The third kappa shape index (κ3) is 6.15. The molecule has 3 heteroatoms. The van der Waals surface area contributed by atoms with Crippen molar-refractivity contribution < 1.29 is 4.42 Å². The van der Waals surface area contributed by atoms with Gasteiger partial charge >= 0.3 is 0 Å². The molecule has 0 saturated heterocycles. The summed E-state index contributed by atoms with van der Waals surface area (Å²) in [6, 6.07) is 88.5. The van der Waals surface area contributed by atoms with E-state index in [0.717, 1.165) is 61.2 Å². The molecule has 0 aliphatic heterocycles. The highest BCUT2D eigenvalue weighted by atomic mass is 16.3. The van der Waals surface area contributed by atoms with Gasteiger partial charge in [-0.05, 0) is 128 Å². The van der Waals surface area contributed by atoms with E-state index in [9.17, 15) is 0 Å². The molecule has 0 fully saturated rings. The second-order valence-corrected chi connectivity index (χ2v) is 19.2. The van der Waals surface area contributed by atoms with Crippen LogP contribution in [-0.4, -0.2) is 4.57 Å². The molecular weight excluding hydrogens is 849 g/mol. The van der Waals surface area contributed by atoms with E-state index in [4.69, 9.17) is 4.42 Å². The van der Waals surface area contributed by atoms with Gasteiger partial charge in [-0.15, -0.1) is 0 Å². The summed E-state index contributed by atoms with van der Waals surface area (Å²) in [5.41, 5.74) is 21.0. The maximum atomic E-state index is 6.78. The molecule has 0 spiro atoms. The van der Waals surface area contributed by atoms with E-state index < -0.39 is 0 Å². The summed E-state index contributed by atoms with van der Waals surface area (Å²) in [6.07, 6.45) is 0. The predicted octanol–water partition coefficient (Wildman–Crippen LogP) is 18.6. The topological polar surface area (TPSA) is 21.3 Å². The summed E-state index contributed by atoms with van der Waals surface area (Å²) in [6.45, 7) is 4.70. The predicted molar refractivity (Wildman–Crippen MR) is 294 cm³/mol. The largest absolute Gasteiger partial charge is 0.455 e. The van der Waals surface area contributed by atoms with Gasteiger partial charge in [-0.25, -0.2) is 0 Å². The zero-order valence-electron chi connectivity index (χ0n) is 38.9. The molecule has 11 aromatic carbocycles. The van der Waals surface area contributed by atoms with Crippen molar-refractivity contribution in [2.24, 2.45) is 0 Å². The molecule has 2 heterocycles. The minimum Gasteiger partial charge on any atom is -0.455 e. The molecule has 0 atom stereocenters. The average Bonchev–Trinajstić information content (AvgIpc) is 4.05. The number of anilines is 3. The zero-order chi connectivity index (χ0) is 46.5. The molecule has 2 aromatic heterocycles. The molecule has 0 radical (unpaired) electrons. The van der Waals surface area contributed by atoms with Crippen LogP contribution in [0.2, 0.25) is 0 Å². The number of benzene rings is 11. The Bertz CT molecular complexity index is 4180. The molecule has 0 N–H and O–H groups in total. The van der Waals surface area contributed by atoms with Gasteiger partial charge in [0.25, 0.3) is 0 Å². The minimum absolute atomic E-state index is 0.0614. The van der Waals surface area contributed by atoms with Crippen molar-refractivity contribution in [2.75, 3.05) is 4.90 Å². The third-order valence-corrected chi connectivity index (χ3v) is 15.0. The lowest BCUT2D eigenvalue weighted by atomic mass is 9.82. The molecule has 0 amide bonds. The highest BCUT2D eigenvalue weighted by Crippen LogP contribution is 2.52. The fourth-order valence-electron chi connectivity index (χ4n) is 11.6. The number of hydrogen-bond donors (Lipinski definition) is 0. The maximum Gasteiger partial charge on any atom is 0.143 e. The van der Waals surface area contributed by atoms with Crippen LogP contribution in [0.1, 0.15) is 25.0 Å². The Balaban J connectivity index is 0.866. The lowest BCUT2D eigenvalue weighted by Crippen LogP contribution is -2.14. The monoisotopic (exact) mass is 894 g/mol. The van der Waals surface area contributed by atoms with Gasteiger partial charge in [-0.3, -0.25) is 0 Å². The zero-order valence-corrected chi connectivity index (χ0v) is 38.9. The summed E-state index contributed by atoms with van der Waals surface area (Å²) in [5.74, 6) is 0. The first kappa shape index (κ1) is 40.2. The van der Waals surface area contributed by atoms with Crippen LogP contribution < -0.4 is 4.90 Å². The third-order valence-electron chi connectivity index (χ3n) is 15.0. The summed E-state index contributed by atoms with van der Waals surface area (Å²) in [4.78, 5) is 2.37. The molecule has 13 aromatic rings. The summed E-state index contributed by atoms with van der Waals surface area (Å²) >= 11 is 0. The Morgan fingerprint density at radius 3 is 1.67 bits per heavy atom. The first-order valence-corrected chi connectivity index (χ1v) is 24.2. The fourth-order valence-corrected chi connectivity index (χ4v) is 11.6. The fraction of sp³-hybridized carbons (Fsp3) is 0.0448. The van der Waals surface area contributed by atoms with Crippen LogP contribution in [0.4, 0.5) is 17.1 Å². The molecule has 70 heavy (non-hydrogen) atoms. The van der Waals surface area contributed by atoms with Gasteiger partial charge < -0.3 is 13.9 Å². The van der Waals surface area contributed by atoms with Gasteiger partial charge in [0.15, 0.2) is 0 Å². The minimum atomic E-state index is -0.0614. The van der Waals surface area contributed by atoms with E-state index in [2.05, 4.69) is 266 Å². The van der Waals surface area contributed by atoms with Crippen LogP contribution in [0.15, 0.2) is 247 Å². The van der Waals surface area contributed by atoms with Crippen molar-refractivity contribution in [3.63, 3.8) is 0 Å². The van der Waals surface area contributed by atoms with Crippen LogP contribution in [0.25, 0.3) is 105 Å². The van der Waals surface area contributed by atoms with Crippen molar-refractivity contribution in [1.82, 2.24) is 4.57 Å². The van der Waals surface area contributed by atoms with Gasteiger partial charge in [0.05, 0.1) is 11.0 Å². The lowest BCUT2D eigenvalue weighted by molar-refractivity contribution is 0.660. The van der Waals surface area contributed by atoms with Crippen LogP contribution in [0, 0.1) is 0 Å². The van der Waals surface area contributed by atoms with Crippen LogP contribution in [0.3, 0.4) is 0 Å². The summed E-state index contributed by atoms with van der Waals surface area (Å²) in [7, 11) is 0. The van der Waals surface area contributed by atoms with Crippen molar-refractivity contribution in [3.05, 3.63) is 254 Å². The molecule has 14 rings (SSSR count). The number of nitrogens with zero attached hydrogens (tertiary/aromatic N) is 2. The van der Waals surface area contributed by atoms with Crippen LogP contribution in [-0.2, 0) is 5.41 Å². The summed E-state index contributed by atoms with van der Waals surface area (Å²) < 4.78 is 9.15. The Labute approximate surface area is 406 Å². The van der Waals surface area contributed by atoms with Gasteiger partial charge in [-0.2, -0.15) is 0 Å². The lowest BCUT2D eigenvalue weighted by Gasteiger charge is -2.26. The molecule has 1 aliphatic rings. The second-order valence-electron chi connectivity index (χ2n) is 19.2. The number of aromatic nitrogens is 1. The average molecular weight is 895 g/mol.